The number of nitrogens with zero attached hydrogens (tertiary/aromatic N) is 1. The van der Waals surface area contributed by atoms with Gasteiger partial charge in [0.05, 0.1) is 5.69 Å². The number of aryl methyl sites for hydroxylation is 1. The predicted molar refractivity (Wildman–Crippen MR) is 60.8 cm³/mol. The van der Waals surface area contributed by atoms with E-state index in [4.69, 9.17) is 0 Å². The van der Waals surface area contributed by atoms with E-state index in [2.05, 4.69) is 55.3 Å². The van der Waals surface area contributed by atoms with Crippen molar-refractivity contribution < 1.29 is 0 Å². The van der Waals surface area contributed by atoms with Crippen LogP contribution in [0.15, 0.2) is 24.3 Å². The number of fused-ring (bicyclic) bond motifs is 1. The summed E-state index contributed by atoms with van der Waals surface area (Å²) in [6.45, 7) is 6.41. The van der Waals surface area contributed by atoms with Crippen molar-refractivity contribution in [2.24, 2.45) is 5.41 Å². The molecule has 0 spiro atoms. The molecule has 0 saturated heterocycles. The van der Waals surface area contributed by atoms with Crippen LogP contribution in [-0.4, -0.2) is 4.98 Å². The van der Waals surface area contributed by atoms with Gasteiger partial charge in [-0.15, -0.1) is 0 Å². The highest BCUT2D eigenvalue weighted by molar-refractivity contribution is 5.66. The fraction of sp³-hybridized carbons (Fsp3) is 0.308. The van der Waals surface area contributed by atoms with Crippen molar-refractivity contribution in [1.29, 1.82) is 0 Å². The Labute approximate surface area is 85.2 Å². The van der Waals surface area contributed by atoms with Gasteiger partial charge in [0.1, 0.15) is 0 Å². The van der Waals surface area contributed by atoms with Crippen molar-refractivity contribution in [2.75, 3.05) is 0 Å². The minimum absolute atomic E-state index is 0.134. The van der Waals surface area contributed by atoms with E-state index in [1.807, 2.05) is 6.92 Å². The Kier molecular flexibility index (Phi) is 2.03. The maximum atomic E-state index is 4.50. The summed E-state index contributed by atoms with van der Waals surface area (Å²) in [5.41, 5.74) is 3.49. The molecule has 14 heavy (non-hydrogen) atoms. The first kappa shape index (κ1) is 9.20. The average molecular weight is 185 g/mol. The van der Waals surface area contributed by atoms with Gasteiger partial charge in [0, 0.05) is 11.1 Å². The Morgan fingerprint density at radius 3 is 2.57 bits per heavy atom. The van der Waals surface area contributed by atoms with E-state index in [0.717, 1.165) is 11.4 Å². The second-order valence-corrected chi connectivity index (χ2v) is 4.42. The lowest BCUT2D eigenvalue weighted by Crippen LogP contribution is -2.00. The predicted octanol–water partition coefficient (Wildman–Crippen LogP) is 3.46. The highest BCUT2D eigenvalue weighted by Gasteiger charge is 2.12. The number of allylic oxidation sites excluding steroid dienone is 2. The molecule has 0 saturated carbocycles. The van der Waals surface area contributed by atoms with Gasteiger partial charge in [-0.05, 0) is 24.6 Å². The minimum Gasteiger partial charge on any atom is -0.253 e. The summed E-state index contributed by atoms with van der Waals surface area (Å²) in [5.74, 6) is 0. The monoisotopic (exact) mass is 185 g/mol. The molecule has 1 heterocycles. The van der Waals surface area contributed by atoms with Crippen molar-refractivity contribution >= 4 is 12.2 Å². The average Bonchev–Trinajstić information content (AvgIpc) is 2.26. The Morgan fingerprint density at radius 2 is 1.79 bits per heavy atom. The Bertz CT molecular complexity index is 411. The van der Waals surface area contributed by atoms with Crippen LogP contribution in [-0.2, 0) is 0 Å². The Morgan fingerprint density at radius 1 is 1.07 bits per heavy atom. The normalized spacial score (nSPS) is 17.6. The molecule has 0 unspecified atom stereocenters. The number of hydrogen-bond acceptors (Lipinski definition) is 1. The van der Waals surface area contributed by atoms with E-state index < -0.39 is 0 Å². The molecule has 2 rings (SSSR count). The Hall–Kier alpha value is -1.37. The molecule has 1 nitrogen and oxygen atoms in total. The van der Waals surface area contributed by atoms with Crippen LogP contribution in [0.2, 0.25) is 0 Å². The van der Waals surface area contributed by atoms with Crippen LogP contribution >= 0.6 is 0 Å². The number of hydrogen-bond donors (Lipinski definition) is 0. The SMILES string of the molecule is Cc1ccc2c(n1)C=CC(C)(C)C=C2. The molecule has 0 aromatic carbocycles. The maximum absolute atomic E-state index is 4.50. The molecule has 0 fully saturated rings. The van der Waals surface area contributed by atoms with Gasteiger partial charge < -0.3 is 0 Å². The van der Waals surface area contributed by atoms with E-state index in [1.54, 1.807) is 0 Å². The molecular formula is C13H15N. The standard InChI is InChI=1S/C13H15N/c1-10-4-5-11-6-8-13(2,3)9-7-12(11)14-10/h4-9H,1-3H3. The van der Waals surface area contributed by atoms with Crippen LogP contribution in [0.4, 0.5) is 0 Å². The molecular weight excluding hydrogens is 170 g/mol. The molecule has 1 aliphatic carbocycles. The second kappa shape index (κ2) is 3.09. The summed E-state index contributed by atoms with van der Waals surface area (Å²) < 4.78 is 0. The molecule has 0 amide bonds. The third-order valence-electron chi connectivity index (χ3n) is 2.46. The number of rotatable bonds is 0. The molecule has 0 bridgehead atoms. The van der Waals surface area contributed by atoms with E-state index in [0.29, 0.717) is 0 Å². The first-order valence-electron chi connectivity index (χ1n) is 4.93. The maximum Gasteiger partial charge on any atom is 0.0702 e. The molecule has 0 aliphatic heterocycles. The smallest absolute Gasteiger partial charge is 0.0702 e. The van der Waals surface area contributed by atoms with Crippen LogP contribution in [0.5, 0.6) is 0 Å². The molecule has 1 aliphatic rings. The summed E-state index contributed by atoms with van der Waals surface area (Å²) in [7, 11) is 0. The van der Waals surface area contributed by atoms with Gasteiger partial charge in [-0.1, -0.05) is 38.1 Å². The van der Waals surface area contributed by atoms with E-state index in [1.165, 1.54) is 5.56 Å². The molecule has 72 valence electrons. The van der Waals surface area contributed by atoms with E-state index in [-0.39, 0.29) is 5.41 Å². The van der Waals surface area contributed by atoms with Crippen molar-refractivity contribution in [2.45, 2.75) is 20.8 Å². The topological polar surface area (TPSA) is 12.9 Å². The third kappa shape index (κ3) is 1.77. The fourth-order valence-corrected chi connectivity index (χ4v) is 1.52. The zero-order valence-electron chi connectivity index (χ0n) is 8.91. The van der Waals surface area contributed by atoms with Crippen molar-refractivity contribution in [3.8, 4) is 0 Å². The molecule has 0 atom stereocenters. The van der Waals surface area contributed by atoms with Gasteiger partial charge in [-0.25, -0.2) is 0 Å². The lowest BCUT2D eigenvalue weighted by molar-refractivity contribution is 0.633. The highest BCUT2D eigenvalue weighted by Crippen LogP contribution is 2.26. The van der Waals surface area contributed by atoms with Crippen LogP contribution in [0.25, 0.3) is 12.2 Å². The molecule has 1 aromatic rings. The number of pyridine rings is 1. The van der Waals surface area contributed by atoms with Crippen LogP contribution in [0.1, 0.15) is 30.8 Å². The van der Waals surface area contributed by atoms with E-state index >= 15 is 0 Å². The summed E-state index contributed by atoms with van der Waals surface area (Å²) in [5, 5.41) is 0. The molecule has 0 N–H and O–H groups in total. The lowest BCUT2D eigenvalue weighted by Gasteiger charge is -2.11. The van der Waals surface area contributed by atoms with Gasteiger partial charge in [0.2, 0.25) is 0 Å². The molecule has 0 radical (unpaired) electrons. The summed E-state index contributed by atoms with van der Waals surface area (Å²) in [4.78, 5) is 4.50. The van der Waals surface area contributed by atoms with Gasteiger partial charge in [-0.3, -0.25) is 4.98 Å². The first-order valence-corrected chi connectivity index (χ1v) is 4.93. The van der Waals surface area contributed by atoms with Gasteiger partial charge in [0.25, 0.3) is 0 Å². The molecule has 1 aromatic heterocycles. The summed E-state index contributed by atoms with van der Waals surface area (Å²) in [6, 6.07) is 4.18. The second-order valence-electron chi connectivity index (χ2n) is 4.42. The number of aromatic nitrogens is 1. The quantitative estimate of drug-likeness (QED) is 0.603. The first-order chi connectivity index (χ1) is 6.57. The van der Waals surface area contributed by atoms with Crippen molar-refractivity contribution in [3.05, 3.63) is 41.2 Å². The van der Waals surface area contributed by atoms with E-state index in [9.17, 15) is 0 Å². The van der Waals surface area contributed by atoms with Crippen LogP contribution in [0.3, 0.4) is 0 Å². The van der Waals surface area contributed by atoms with Gasteiger partial charge in [-0.2, -0.15) is 0 Å². The summed E-state index contributed by atoms with van der Waals surface area (Å²) >= 11 is 0. The van der Waals surface area contributed by atoms with Crippen LogP contribution in [0, 0.1) is 12.3 Å². The third-order valence-corrected chi connectivity index (χ3v) is 2.46. The minimum atomic E-state index is 0.134. The highest BCUT2D eigenvalue weighted by atomic mass is 14.7. The Balaban J connectivity index is 2.54. The van der Waals surface area contributed by atoms with Gasteiger partial charge in [0.15, 0.2) is 0 Å². The van der Waals surface area contributed by atoms with Crippen LogP contribution < -0.4 is 0 Å². The zero-order chi connectivity index (χ0) is 10.2. The largest absolute Gasteiger partial charge is 0.253 e. The fourth-order valence-electron chi connectivity index (χ4n) is 1.52. The van der Waals surface area contributed by atoms with Gasteiger partial charge >= 0.3 is 0 Å². The van der Waals surface area contributed by atoms with Crippen molar-refractivity contribution in [1.82, 2.24) is 4.98 Å². The van der Waals surface area contributed by atoms with Crippen molar-refractivity contribution in [3.63, 3.8) is 0 Å². The zero-order valence-corrected chi connectivity index (χ0v) is 8.91. The molecule has 1 heteroatoms. The summed E-state index contributed by atoms with van der Waals surface area (Å²) in [6.07, 6.45) is 8.68. The lowest BCUT2D eigenvalue weighted by atomic mass is 9.93.